The summed E-state index contributed by atoms with van der Waals surface area (Å²) in [6.45, 7) is 1.99. The van der Waals surface area contributed by atoms with Crippen LogP contribution in [0, 0.1) is 6.92 Å². The van der Waals surface area contributed by atoms with Crippen LogP contribution in [0.2, 0.25) is 0 Å². The highest BCUT2D eigenvalue weighted by Crippen LogP contribution is 2.24. The normalized spacial score (nSPS) is 12.6. The van der Waals surface area contributed by atoms with E-state index in [0.717, 1.165) is 27.3 Å². The first-order valence-corrected chi connectivity index (χ1v) is 6.85. The fraction of sp³-hybridized carbons (Fsp3) is 0.273. The number of hydrazine groups is 1. The average molecular weight is 313 g/mol. The van der Waals surface area contributed by atoms with Gasteiger partial charge < -0.3 is 0 Å². The zero-order valence-corrected chi connectivity index (χ0v) is 11.8. The van der Waals surface area contributed by atoms with Gasteiger partial charge in [0.15, 0.2) is 0 Å². The van der Waals surface area contributed by atoms with Crippen LogP contribution in [-0.2, 0) is 6.42 Å². The van der Waals surface area contributed by atoms with Crippen LogP contribution in [0.25, 0.3) is 0 Å². The van der Waals surface area contributed by atoms with Gasteiger partial charge in [-0.05, 0) is 35.0 Å². The van der Waals surface area contributed by atoms with Crippen molar-refractivity contribution >= 4 is 27.3 Å². The van der Waals surface area contributed by atoms with Crippen LogP contribution in [-0.4, -0.2) is 9.97 Å². The molecule has 0 saturated heterocycles. The third-order valence-electron chi connectivity index (χ3n) is 2.36. The van der Waals surface area contributed by atoms with Gasteiger partial charge in [-0.3, -0.25) is 16.3 Å². The van der Waals surface area contributed by atoms with Gasteiger partial charge in [-0.25, -0.2) is 4.98 Å². The molecule has 0 fully saturated rings. The van der Waals surface area contributed by atoms with E-state index in [4.69, 9.17) is 5.84 Å². The van der Waals surface area contributed by atoms with Crippen LogP contribution in [0.15, 0.2) is 28.2 Å². The summed E-state index contributed by atoms with van der Waals surface area (Å²) >= 11 is 5.13. The molecule has 0 saturated carbocycles. The molecule has 0 aliphatic rings. The van der Waals surface area contributed by atoms with E-state index in [0.29, 0.717) is 0 Å². The van der Waals surface area contributed by atoms with E-state index in [1.165, 1.54) is 0 Å². The minimum absolute atomic E-state index is 0.0314. The maximum absolute atomic E-state index is 5.59. The SMILES string of the molecule is Cc1csc(CC(NN)c2ncccc2Br)n1. The van der Waals surface area contributed by atoms with Gasteiger partial charge in [0.25, 0.3) is 0 Å². The molecule has 90 valence electrons. The molecule has 2 aromatic heterocycles. The summed E-state index contributed by atoms with van der Waals surface area (Å²) in [5.74, 6) is 5.59. The van der Waals surface area contributed by atoms with Crippen molar-refractivity contribution in [2.24, 2.45) is 5.84 Å². The second kappa shape index (κ2) is 5.68. The lowest BCUT2D eigenvalue weighted by Gasteiger charge is -2.15. The van der Waals surface area contributed by atoms with Gasteiger partial charge in [-0.2, -0.15) is 0 Å². The molecule has 2 aromatic rings. The number of aromatic nitrogens is 2. The van der Waals surface area contributed by atoms with Gasteiger partial charge in [0.1, 0.15) is 0 Å². The number of nitrogens with zero attached hydrogens (tertiary/aromatic N) is 2. The second-order valence-electron chi connectivity index (χ2n) is 3.68. The highest BCUT2D eigenvalue weighted by molar-refractivity contribution is 9.10. The fourth-order valence-corrected chi connectivity index (χ4v) is 2.91. The lowest BCUT2D eigenvalue weighted by atomic mass is 10.1. The molecule has 2 heterocycles. The molecule has 1 atom stereocenters. The van der Waals surface area contributed by atoms with E-state index in [1.807, 2.05) is 24.4 Å². The molecule has 0 aromatic carbocycles. The van der Waals surface area contributed by atoms with E-state index >= 15 is 0 Å². The Bertz CT molecular complexity index is 500. The molecule has 0 aliphatic heterocycles. The monoisotopic (exact) mass is 312 g/mol. The van der Waals surface area contributed by atoms with Crippen molar-refractivity contribution in [1.82, 2.24) is 15.4 Å². The van der Waals surface area contributed by atoms with Crippen LogP contribution in [0.1, 0.15) is 22.4 Å². The molecule has 4 nitrogen and oxygen atoms in total. The van der Waals surface area contributed by atoms with Gasteiger partial charge in [-0.15, -0.1) is 11.3 Å². The molecule has 6 heteroatoms. The number of hydrogen-bond acceptors (Lipinski definition) is 5. The van der Waals surface area contributed by atoms with E-state index < -0.39 is 0 Å². The minimum atomic E-state index is -0.0314. The predicted molar refractivity (Wildman–Crippen MR) is 72.6 cm³/mol. The van der Waals surface area contributed by atoms with Crippen molar-refractivity contribution in [2.45, 2.75) is 19.4 Å². The molecule has 0 radical (unpaired) electrons. The van der Waals surface area contributed by atoms with Crippen LogP contribution in [0.4, 0.5) is 0 Å². The molecule has 0 bridgehead atoms. The van der Waals surface area contributed by atoms with Crippen molar-refractivity contribution in [2.75, 3.05) is 0 Å². The van der Waals surface area contributed by atoms with Crippen LogP contribution in [0.3, 0.4) is 0 Å². The van der Waals surface area contributed by atoms with Crippen molar-refractivity contribution in [3.8, 4) is 0 Å². The fourth-order valence-electron chi connectivity index (χ4n) is 1.56. The summed E-state index contributed by atoms with van der Waals surface area (Å²) in [4.78, 5) is 8.77. The average Bonchev–Trinajstić information content (AvgIpc) is 2.73. The quantitative estimate of drug-likeness (QED) is 0.672. The van der Waals surface area contributed by atoms with E-state index in [9.17, 15) is 0 Å². The Morgan fingerprint density at radius 3 is 3.00 bits per heavy atom. The molecule has 3 N–H and O–H groups in total. The summed E-state index contributed by atoms with van der Waals surface area (Å²) in [6, 6.07) is 3.81. The van der Waals surface area contributed by atoms with Gasteiger partial charge in [0, 0.05) is 28.2 Å². The molecular weight excluding hydrogens is 300 g/mol. The number of pyridine rings is 1. The number of rotatable bonds is 4. The zero-order valence-electron chi connectivity index (χ0n) is 9.35. The van der Waals surface area contributed by atoms with Crippen molar-refractivity contribution in [3.05, 3.63) is 44.6 Å². The third-order valence-corrected chi connectivity index (χ3v) is 4.02. The summed E-state index contributed by atoms with van der Waals surface area (Å²) < 4.78 is 0.955. The molecule has 0 spiro atoms. The number of halogens is 1. The van der Waals surface area contributed by atoms with Crippen molar-refractivity contribution < 1.29 is 0 Å². The Hall–Kier alpha value is -0.820. The predicted octanol–water partition coefficient (Wildman–Crippen LogP) is 2.36. The minimum Gasteiger partial charge on any atom is -0.271 e. The lowest BCUT2D eigenvalue weighted by Crippen LogP contribution is -2.30. The summed E-state index contributed by atoms with van der Waals surface area (Å²) in [6.07, 6.45) is 2.50. The maximum atomic E-state index is 5.59. The number of aryl methyl sites for hydroxylation is 1. The topological polar surface area (TPSA) is 63.8 Å². The molecule has 0 aliphatic carbocycles. The van der Waals surface area contributed by atoms with E-state index in [2.05, 4.69) is 31.3 Å². The number of nitrogens with two attached hydrogens (primary N) is 1. The molecule has 17 heavy (non-hydrogen) atoms. The van der Waals surface area contributed by atoms with Gasteiger partial charge in [0.2, 0.25) is 0 Å². The summed E-state index contributed by atoms with van der Waals surface area (Å²) in [5.41, 5.74) is 4.74. The lowest BCUT2D eigenvalue weighted by molar-refractivity contribution is 0.534. The summed E-state index contributed by atoms with van der Waals surface area (Å²) in [5, 5.41) is 3.10. The van der Waals surface area contributed by atoms with E-state index in [-0.39, 0.29) is 6.04 Å². The van der Waals surface area contributed by atoms with Crippen molar-refractivity contribution in [3.63, 3.8) is 0 Å². The Morgan fingerprint density at radius 1 is 1.59 bits per heavy atom. The largest absolute Gasteiger partial charge is 0.271 e. The Balaban J connectivity index is 2.20. The third kappa shape index (κ3) is 3.10. The second-order valence-corrected chi connectivity index (χ2v) is 5.47. The van der Waals surface area contributed by atoms with E-state index in [1.54, 1.807) is 17.5 Å². The number of hydrogen-bond donors (Lipinski definition) is 2. The number of thiazole rings is 1. The van der Waals surface area contributed by atoms with Crippen molar-refractivity contribution in [1.29, 1.82) is 0 Å². The molecular formula is C11H13BrN4S. The van der Waals surface area contributed by atoms with Crippen LogP contribution >= 0.6 is 27.3 Å². The Morgan fingerprint density at radius 2 is 2.41 bits per heavy atom. The highest BCUT2D eigenvalue weighted by atomic mass is 79.9. The first-order chi connectivity index (χ1) is 8.20. The van der Waals surface area contributed by atoms with Gasteiger partial charge in [-0.1, -0.05) is 0 Å². The smallest absolute Gasteiger partial charge is 0.0948 e. The van der Waals surface area contributed by atoms with Crippen LogP contribution in [0.5, 0.6) is 0 Å². The summed E-state index contributed by atoms with van der Waals surface area (Å²) in [7, 11) is 0. The standard InChI is InChI=1S/C11H13BrN4S/c1-7-6-17-10(15-7)5-9(16-13)11-8(12)3-2-4-14-11/h2-4,6,9,16H,5,13H2,1H3. The van der Waals surface area contributed by atoms with Crippen LogP contribution < -0.4 is 11.3 Å². The Kier molecular flexibility index (Phi) is 4.22. The first kappa shape index (κ1) is 12.6. The van der Waals surface area contributed by atoms with Gasteiger partial charge >= 0.3 is 0 Å². The number of nitrogens with one attached hydrogen (secondary N) is 1. The maximum Gasteiger partial charge on any atom is 0.0948 e. The molecule has 1 unspecified atom stereocenters. The molecule has 2 rings (SSSR count). The van der Waals surface area contributed by atoms with Gasteiger partial charge in [0.05, 0.1) is 16.7 Å². The molecule has 0 amide bonds. The first-order valence-electron chi connectivity index (χ1n) is 5.18. The highest BCUT2D eigenvalue weighted by Gasteiger charge is 2.16. The Labute approximate surface area is 112 Å². The zero-order chi connectivity index (χ0) is 12.3.